The number of imidazole rings is 1. The van der Waals surface area contributed by atoms with Crippen LogP contribution in [-0.2, 0) is 0 Å². The fourth-order valence-corrected chi connectivity index (χ4v) is 2.96. The number of nitrogens with two attached hydrogens (primary N) is 1. The highest BCUT2D eigenvalue weighted by atomic mass is 35.5. The molecule has 1 aromatic heterocycles. The summed E-state index contributed by atoms with van der Waals surface area (Å²) < 4.78 is 2.28. The fraction of sp³-hybridized carbons (Fsp3) is 0.562. The summed E-state index contributed by atoms with van der Waals surface area (Å²) in [5, 5.41) is 0.749. The first-order valence-electron chi connectivity index (χ1n) is 7.31. The number of benzene rings is 1. The summed E-state index contributed by atoms with van der Waals surface area (Å²) in [6.45, 7) is 9.43. The summed E-state index contributed by atoms with van der Waals surface area (Å²) in [5.41, 5.74) is 8.10. The lowest BCUT2D eigenvalue weighted by Crippen LogP contribution is -2.20. The normalized spacial score (nSPS) is 13.6. The molecule has 3 nitrogen and oxygen atoms in total. The van der Waals surface area contributed by atoms with E-state index in [0.717, 1.165) is 28.3 Å². The fourth-order valence-electron chi connectivity index (χ4n) is 2.79. The highest BCUT2D eigenvalue weighted by Gasteiger charge is 2.21. The van der Waals surface area contributed by atoms with E-state index in [0.29, 0.717) is 24.4 Å². The standard InChI is InChI=1S/C16H24ClN3/c1-10(2)7-12(9-18)16-19-14-6-5-13(17)8-15(14)20(16)11(3)4/h5-6,8,10-12H,7,9,18H2,1-4H3. The van der Waals surface area contributed by atoms with Crippen LogP contribution in [0.4, 0.5) is 0 Å². The zero-order valence-electron chi connectivity index (χ0n) is 12.7. The van der Waals surface area contributed by atoms with Crippen LogP contribution in [0.5, 0.6) is 0 Å². The number of hydrogen-bond acceptors (Lipinski definition) is 2. The first-order valence-corrected chi connectivity index (χ1v) is 7.69. The number of rotatable bonds is 5. The van der Waals surface area contributed by atoms with Gasteiger partial charge in [-0.3, -0.25) is 0 Å². The molecular formula is C16H24ClN3. The van der Waals surface area contributed by atoms with E-state index in [4.69, 9.17) is 22.3 Å². The summed E-state index contributed by atoms with van der Waals surface area (Å²) in [4.78, 5) is 4.82. The molecular weight excluding hydrogens is 270 g/mol. The Labute approximate surface area is 126 Å². The molecule has 2 aromatic rings. The molecule has 2 rings (SSSR count). The zero-order chi connectivity index (χ0) is 14.9. The predicted molar refractivity (Wildman–Crippen MR) is 86.4 cm³/mol. The average molecular weight is 294 g/mol. The van der Waals surface area contributed by atoms with Gasteiger partial charge < -0.3 is 10.3 Å². The molecule has 0 amide bonds. The SMILES string of the molecule is CC(C)CC(CN)c1nc2ccc(Cl)cc2n1C(C)C. The van der Waals surface area contributed by atoms with Crippen molar-refractivity contribution in [1.82, 2.24) is 9.55 Å². The molecule has 2 N–H and O–H groups in total. The van der Waals surface area contributed by atoms with Crippen LogP contribution >= 0.6 is 11.6 Å². The number of nitrogens with zero attached hydrogens (tertiary/aromatic N) is 2. The highest BCUT2D eigenvalue weighted by molar-refractivity contribution is 6.31. The molecule has 1 aromatic carbocycles. The van der Waals surface area contributed by atoms with Gasteiger partial charge in [0.15, 0.2) is 0 Å². The average Bonchev–Trinajstić information content (AvgIpc) is 2.73. The maximum atomic E-state index is 6.14. The lowest BCUT2D eigenvalue weighted by Gasteiger charge is -2.21. The Hall–Kier alpha value is -1.06. The van der Waals surface area contributed by atoms with Gasteiger partial charge in [-0.2, -0.15) is 0 Å². The number of hydrogen-bond donors (Lipinski definition) is 1. The monoisotopic (exact) mass is 293 g/mol. The van der Waals surface area contributed by atoms with Crippen molar-refractivity contribution >= 4 is 22.6 Å². The van der Waals surface area contributed by atoms with Crippen molar-refractivity contribution in [2.24, 2.45) is 11.7 Å². The Morgan fingerprint density at radius 1 is 1.25 bits per heavy atom. The van der Waals surface area contributed by atoms with Crippen molar-refractivity contribution in [3.05, 3.63) is 29.0 Å². The summed E-state index contributed by atoms with van der Waals surface area (Å²) in [6.07, 6.45) is 1.06. The molecule has 1 unspecified atom stereocenters. The van der Waals surface area contributed by atoms with Crippen LogP contribution in [0.3, 0.4) is 0 Å². The van der Waals surface area contributed by atoms with Gasteiger partial charge in [-0.25, -0.2) is 4.98 Å². The second kappa shape index (κ2) is 6.15. The third-order valence-electron chi connectivity index (χ3n) is 3.60. The predicted octanol–water partition coefficient (Wildman–Crippen LogP) is 4.36. The van der Waals surface area contributed by atoms with E-state index in [1.165, 1.54) is 0 Å². The molecule has 20 heavy (non-hydrogen) atoms. The summed E-state index contributed by atoms with van der Waals surface area (Å²) in [7, 11) is 0. The van der Waals surface area contributed by atoms with Crippen molar-refractivity contribution in [1.29, 1.82) is 0 Å². The summed E-state index contributed by atoms with van der Waals surface area (Å²) >= 11 is 6.14. The molecule has 0 fully saturated rings. The van der Waals surface area contributed by atoms with E-state index in [-0.39, 0.29) is 0 Å². The van der Waals surface area contributed by atoms with Crippen molar-refractivity contribution in [2.75, 3.05) is 6.54 Å². The van der Waals surface area contributed by atoms with Gasteiger partial charge in [0.2, 0.25) is 0 Å². The van der Waals surface area contributed by atoms with Crippen LogP contribution in [0.2, 0.25) is 5.02 Å². The van der Waals surface area contributed by atoms with Crippen LogP contribution in [0.1, 0.15) is 51.9 Å². The zero-order valence-corrected chi connectivity index (χ0v) is 13.5. The largest absolute Gasteiger partial charge is 0.330 e. The van der Waals surface area contributed by atoms with Gasteiger partial charge >= 0.3 is 0 Å². The molecule has 1 atom stereocenters. The molecule has 0 saturated heterocycles. The molecule has 110 valence electrons. The third-order valence-corrected chi connectivity index (χ3v) is 3.84. The molecule has 1 heterocycles. The lowest BCUT2D eigenvalue weighted by atomic mass is 9.96. The van der Waals surface area contributed by atoms with Gasteiger partial charge in [0, 0.05) is 23.5 Å². The highest BCUT2D eigenvalue weighted by Crippen LogP contribution is 2.30. The Kier molecular flexibility index (Phi) is 4.71. The minimum Gasteiger partial charge on any atom is -0.330 e. The lowest BCUT2D eigenvalue weighted by molar-refractivity contribution is 0.459. The molecule has 0 radical (unpaired) electrons. The van der Waals surface area contributed by atoms with E-state index >= 15 is 0 Å². The minimum atomic E-state index is 0.295. The van der Waals surface area contributed by atoms with Gasteiger partial charge in [-0.1, -0.05) is 25.4 Å². The minimum absolute atomic E-state index is 0.295. The maximum absolute atomic E-state index is 6.14. The van der Waals surface area contributed by atoms with E-state index in [1.807, 2.05) is 18.2 Å². The molecule has 0 bridgehead atoms. The van der Waals surface area contributed by atoms with Crippen molar-refractivity contribution in [3.63, 3.8) is 0 Å². The van der Waals surface area contributed by atoms with Crippen molar-refractivity contribution < 1.29 is 0 Å². The second-order valence-electron chi connectivity index (χ2n) is 6.13. The van der Waals surface area contributed by atoms with Crippen molar-refractivity contribution in [3.8, 4) is 0 Å². The smallest absolute Gasteiger partial charge is 0.114 e. The van der Waals surface area contributed by atoms with Crippen LogP contribution < -0.4 is 5.73 Å². The quantitative estimate of drug-likeness (QED) is 0.890. The molecule has 0 saturated carbocycles. The number of aromatic nitrogens is 2. The first kappa shape index (κ1) is 15.3. The van der Waals surface area contributed by atoms with Gasteiger partial charge in [-0.05, 0) is 44.4 Å². The Balaban J connectivity index is 2.59. The third kappa shape index (κ3) is 2.99. The molecule has 0 aliphatic carbocycles. The van der Waals surface area contributed by atoms with Gasteiger partial charge in [0.05, 0.1) is 11.0 Å². The van der Waals surface area contributed by atoms with Gasteiger partial charge in [0.25, 0.3) is 0 Å². The Bertz CT molecular complexity index is 587. The van der Waals surface area contributed by atoms with Crippen LogP contribution in [0.25, 0.3) is 11.0 Å². The topological polar surface area (TPSA) is 43.8 Å². The van der Waals surface area contributed by atoms with Crippen LogP contribution in [0.15, 0.2) is 18.2 Å². The molecule has 4 heteroatoms. The molecule has 0 aliphatic heterocycles. The van der Waals surface area contributed by atoms with Crippen molar-refractivity contribution in [2.45, 2.75) is 46.1 Å². The Morgan fingerprint density at radius 3 is 2.50 bits per heavy atom. The molecule has 0 aliphatic rings. The Morgan fingerprint density at radius 2 is 1.95 bits per heavy atom. The second-order valence-corrected chi connectivity index (χ2v) is 6.57. The van der Waals surface area contributed by atoms with E-state index < -0.39 is 0 Å². The van der Waals surface area contributed by atoms with Crippen LogP contribution in [-0.4, -0.2) is 16.1 Å². The number of halogens is 1. The number of fused-ring (bicyclic) bond motifs is 1. The first-order chi connectivity index (χ1) is 9.43. The molecule has 0 spiro atoms. The summed E-state index contributed by atoms with van der Waals surface area (Å²) in [6, 6.07) is 6.22. The van der Waals surface area contributed by atoms with Gasteiger partial charge in [0.1, 0.15) is 5.82 Å². The summed E-state index contributed by atoms with van der Waals surface area (Å²) in [5.74, 6) is 1.99. The van der Waals surface area contributed by atoms with E-state index in [2.05, 4.69) is 32.3 Å². The van der Waals surface area contributed by atoms with E-state index in [1.54, 1.807) is 0 Å². The van der Waals surface area contributed by atoms with E-state index in [9.17, 15) is 0 Å². The maximum Gasteiger partial charge on any atom is 0.114 e. The van der Waals surface area contributed by atoms with Gasteiger partial charge in [-0.15, -0.1) is 0 Å². The van der Waals surface area contributed by atoms with Crippen LogP contribution in [0, 0.1) is 5.92 Å².